The van der Waals surface area contributed by atoms with Crippen LogP contribution in [-0.2, 0) is 10.1 Å². The third-order valence-corrected chi connectivity index (χ3v) is 0.959. The second kappa shape index (κ2) is 7.52. The maximum Gasteiger partial charge on any atom is 0.261 e. The summed E-state index contributed by atoms with van der Waals surface area (Å²) < 4.78 is 25.9. The van der Waals surface area contributed by atoms with Gasteiger partial charge in [-0.05, 0) is 27.1 Å². The van der Waals surface area contributed by atoms with Crippen molar-refractivity contribution in [2.45, 2.75) is 19.8 Å². The minimum absolute atomic E-state index is 0.715. The van der Waals surface area contributed by atoms with E-state index >= 15 is 0 Å². The molecule has 0 heterocycles. The molecule has 0 aliphatic rings. The van der Waals surface area contributed by atoms with Crippen molar-refractivity contribution in [1.82, 2.24) is 4.90 Å². The van der Waals surface area contributed by atoms with E-state index in [1.807, 2.05) is 0 Å². The Morgan fingerprint density at radius 2 is 1.67 bits per heavy atom. The van der Waals surface area contributed by atoms with Crippen molar-refractivity contribution < 1.29 is 13.0 Å². The first-order valence-corrected chi connectivity index (χ1v) is 5.69. The number of nitrogens with zero attached hydrogens (tertiary/aromatic N) is 1. The van der Waals surface area contributed by atoms with Gasteiger partial charge in [0.25, 0.3) is 10.1 Å². The molecule has 0 aromatic heterocycles. The van der Waals surface area contributed by atoms with Gasteiger partial charge in [0.1, 0.15) is 0 Å². The van der Waals surface area contributed by atoms with Crippen LogP contribution >= 0.6 is 0 Å². The molecule has 0 atom stereocenters. The molecule has 5 heteroatoms. The lowest BCUT2D eigenvalue weighted by Crippen LogP contribution is -2.12. The van der Waals surface area contributed by atoms with E-state index in [9.17, 15) is 8.42 Å². The molecule has 0 bridgehead atoms. The van der Waals surface area contributed by atoms with Gasteiger partial charge in [-0.2, -0.15) is 8.42 Å². The summed E-state index contributed by atoms with van der Waals surface area (Å²) in [6.07, 6.45) is 3.35. The molecule has 0 aromatic carbocycles. The van der Waals surface area contributed by atoms with Gasteiger partial charge < -0.3 is 4.90 Å². The summed E-state index contributed by atoms with van der Waals surface area (Å²) in [6.45, 7) is 3.44. The standard InChI is InChI=1S/C6H15N.CH4O3S/c1-4-5-6-7(2)3;1-5(2,3)4/h4-6H2,1-3H3;1H3,(H,2,3,4). The molecule has 0 radical (unpaired) electrons. The highest BCUT2D eigenvalue weighted by atomic mass is 32.2. The van der Waals surface area contributed by atoms with Crippen LogP contribution in [0.3, 0.4) is 0 Å². The van der Waals surface area contributed by atoms with Crippen molar-refractivity contribution in [1.29, 1.82) is 0 Å². The van der Waals surface area contributed by atoms with Gasteiger partial charge in [-0.15, -0.1) is 0 Å². The van der Waals surface area contributed by atoms with Crippen LogP contribution in [0.4, 0.5) is 0 Å². The Morgan fingerprint density at radius 1 is 1.33 bits per heavy atom. The van der Waals surface area contributed by atoms with E-state index in [0.717, 1.165) is 0 Å². The van der Waals surface area contributed by atoms with Gasteiger partial charge in [-0.1, -0.05) is 13.3 Å². The fraction of sp³-hybridized carbons (Fsp3) is 1.00. The minimum atomic E-state index is -3.67. The van der Waals surface area contributed by atoms with Crippen LogP contribution in [0.15, 0.2) is 0 Å². The maximum atomic E-state index is 9.19. The fourth-order valence-corrected chi connectivity index (χ4v) is 0.474. The number of unbranched alkanes of at least 4 members (excludes halogenated alkanes) is 1. The summed E-state index contributed by atoms with van der Waals surface area (Å²) in [5, 5.41) is 0. The van der Waals surface area contributed by atoms with Crippen molar-refractivity contribution in [3.8, 4) is 0 Å². The molecule has 0 aliphatic carbocycles. The normalized spacial score (nSPS) is 10.8. The molecule has 4 nitrogen and oxygen atoms in total. The summed E-state index contributed by atoms with van der Waals surface area (Å²) in [5.41, 5.74) is 0. The van der Waals surface area contributed by atoms with E-state index in [-0.39, 0.29) is 0 Å². The molecule has 12 heavy (non-hydrogen) atoms. The molecular weight excluding hydrogens is 178 g/mol. The van der Waals surface area contributed by atoms with Crippen LogP contribution < -0.4 is 0 Å². The van der Waals surface area contributed by atoms with Crippen LogP contribution in [0.1, 0.15) is 19.8 Å². The van der Waals surface area contributed by atoms with E-state index < -0.39 is 10.1 Å². The monoisotopic (exact) mass is 197 g/mol. The molecule has 76 valence electrons. The molecule has 0 spiro atoms. The lowest BCUT2D eigenvalue weighted by molar-refractivity contribution is 0.398. The molecule has 0 aliphatic heterocycles. The van der Waals surface area contributed by atoms with Gasteiger partial charge in [-0.3, -0.25) is 4.55 Å². The SMILES string of the molecule is CCCCN(C)C.CS(=O)(=O)O. The Bertz CT molecular complexity index is 167. The van der Waals surface area contributed by atoms with Crippen LogP contribution in [-0.4, -0.2) is 44.8 Å². The highest BCUT2D eigenvalue weighted by Crippen LogP contribution is 1.86. The fourth-order valence-electron chi connectivity index (χ4n) is 0.474. The molecule has 0 unspecified atom stereocenters. The van der Waals surface area contributed by atoms with Crippen molar-refractivity contribution in [3.05, 3.63) is 0 Å². The Morgan fingerprint density at radius 3 is 1.75 bits per heavy atom. The number of hydrogen-bond donors (Lipinski definition) is 1. The first kappa shape index (κ1) is 14.4. The van der Waals surface area contributed by atoms with Gasteiger partial charge in [0.15, 0.2) is 0 Å². The van der Waals surface area contributed by atoms with Gasteiger partial charge in [0.05, 0.1) is 6.26 Å². The Labute approximate surface area is 75.3 Å². The summed E-state index contributed by atoms with van der Waals surface area (Å²) in [4.78, 5) is 2.21. The third-order valence-electron chi connectivity index (χ3n) is 0.959. The van der Waals surface area contributed by atoms with Crippen molar-refractivity contribution in [2.24, 2.45) is 0 Å². The van der Waals surface area contributed by atoms with Crippen LogP contribution in [0.2, 0.25) is 0 Å². The third kappa shape index (κ3) is 51.8. The van der Waals surface area contributed by atoms with Gasteiger partial charge in [0.2, 0.25) is 0 Å². The van der Waals surface area contributed by atoms with Crippen molar-refractivity contribution in [3.63, 3.8) is 0 Å². The Balaban J connectivity index is 0. The van der Waals surface area contributed by atoms with Crippen LogP contribution in [0, 0.1) is 0 Å². The molecular formula is C7H19NO3S. The second-order valence-corrected chi connectivity index (χ2v) is 4.36. The Kier molecular flexibility index (Phi) is 9.02. The highest BCUT2D eigenvalue weighted by Gasteiger charge is 1.83. The van der Waals surface area contributed by atoms with Crippen molar-refractivity contribution in [2.75, 3.05) is 26.9 Å². The summed E-state index contributed by atoms with van der Waals surface area (Å²) in [6, 6.07) is 0. The largest absolute Gasteiger partial charge is 0.309 e. The zero-order chi connectivity index (χ0) is 10.2. The first-order chi connectivity index (χ1) is 5.27. The lowest BCUT2D eigenvalue weighted by atomic mass is 10.3. The van der Waals surface area contributed by atoms with Crippen molar-refractivity contribution >= 4 is 10.1 Å². The van der Waals surface area contributed by atoms with E-state index in [1.165, 1.54) is 19.4 Å². The molecule has 0 saturated carbocycles. The quantitative estimate of drug-likeness (QED) is 0.681. The number of rotatable bonds is 3. The molecule has 0 amide bonds. The average Bonchev–Trinajstić information content (AvgIpc) is 1.79. The van der Waals surface area contributed by atoms with Gasteiger partial charge >= 0.3 is 0 Å². The molecule has 1 N–H and O–H groups in total. The van der Waals surface area contributed by atoms with Crippen LogP contribution in [0.25, 0.3) is 0 Å². The second-order valence-electron chi connectivity index (χ2n) is 2.89. The predicted octanol–water partition coefficient (Wildman–Crippen LogP) is 0.852. The first-order valence-electron chi connectivity index (χ1n) is 3.84. The molecule has 0 aromatic rings. The summed E-state index contributed by atoms with van der Waals surface area (Å²) in [5.74, 6) is 0. The topological polar surface area (TPSA) is 57.6 Å². The van der Waals surface area contributed by atoms with E-state index in [0.29, 0.717) is 6.26 Å². The summed E-state index contributed by atoms with van der Waals surface area (Å²) in [7, 11) is 0.547. The molecule has 0 rings (SSSR count). The zero-order valence-electron chi connectivity index (χ0n) is 8.24. The van der Waals surface area contributed by atoms with E-state index in [1.54, 1.807) is 0 Å². The predicted molar refractivity (Wildman–Crippen MR) is 50.9 cm³/mol. The van der Waals surface area contributed by atoms with Gasteiger partial charge in [-0.25, -0.2) is 0 Å². The van der Waals surface area contributed by atoms with Crippen LogP contribution in [0.5, 0.6) is 0 Å². The smallest absolute Gasteiger partial charge is 0.261 e. The summed E-state index contributed by atoms with van der Waals surface area (Å²) >= 11 is 0. The zero-order valence-corrected chi connectivity index (χ0v) is 9.06. The van der Waals surface area contributed by atoms with Gasteiger partial charge in [0, 0.05) is 0 Å². The highest BCUT2D eigenvalue weighted by molar-refractivity contribution is 7.85. The maximum absolute atomic E-state index is 9.19. The van der Waals surface area contributed by atoms with E-state index in [2.05, 4.69) is 25.9 Å². The number of hydrogen-bond acceptors (Lipinski definition) is 3. The minimum Gasteiger partial charge on any atom is -0.309 e. The lowest BCUT2D eigenvalue weighted by Gasteiger charge is -2.05. The average molecular weight is 197 g/mol. The molecule has 0 saturated heterocycles. The van der Waals surface area contributed by atoms with E-state index in [4.69, 9.17) is 4.55 Å². The molecule has 0 fully saturated rings. The Hall–Kier alpha value is -0.130.